The Bertz CT molecular complexity index is 749. The van der Waals surface area contributed by atoms with Crippen LogP contribution in [-0.4, -0.2) is 57.9 Å². The number of aliphatic imine (C=N–C) groups is 1. The summed E-state index contributed by atoms with van der Waals surface area (Å²) in [6.07, 6.45) is 3.36. The Kier molecular flexibility index (Phi) is 7.55. The number of aromatic nitrogens is 2. The summed E-state index contributed by atoms with van der Waals surface area (Å²) < 4.78 is 0. The van der Waals surface area contributed by atoms with Gasteiger partial charge in [0.05, 0.1) is 12.2 Å². The first-order valence-electron chi connectivity index (χ1n) is 9.37. The van der Waals surface area contributed by atoms with Crippen LogP contribution in [0.25, 0.3) is 0 Å². The van der Waals surface area contributed by atoms with E-state index in [9.17, 15) is 9.59 Å². The van der Waals surface area contributed by atoms with Gasteiger partial charge in [-0.15, -0.1) is 24.0 Å². The predicted molar refractivity (Wildman–Crippen MR) is 116 cm³/mol. The number of piperidine rings is 1. The van der Waals surface area contributed by atoms with Crippen molar-refractivity contribution >= 4 is 41.9 Å². The highest BCUT2D eigenvalue weighted by Gasteiger charge is 2.48. The molecule has 0 bridgehead atoms. The largest absolute Gasteiger partial charge is 0.357 e. The van der Waals surface area contributed by atoms with E-state index in [4.69, 9.17) is 4.99 Å². The fourth-order valence-corrected chi connectivity index (χ4v) is 3.69. The number of nitrogens with zero attached hydrogens (tertiary/aromatic N) is 4. The van der Waals surface area contributed by atoms with Gasteiger partial charge in [0.15, 0.2) is 5.96 Å². The molecule has 2 aliphatic heterocycles. The highest BCUT2D eigenvalue weighted by atomic mass is 127. The number of hydrogen-bond donors (Lipinski definition) is 3. The normalized spacial score (nSPS) is 23.1. The molecule has 3 heterocycles. The van der Waals surface area contributed by atoms with Crippen LogP contribution in [0.4, 0.5) is 4.79 Å². The van der Waals surface area contributed by atoms with Crippen LogP contribution < -0.4 is 16.0 Å². The Morgan fingerprint density at radius 3 is 2.68 bits per heavy atom. The van der Waals surface area contributed by atoms with Gasteiger partial charge >= 0.3 is 6.03 Å². The van der Waals surface area contributed by atoms with E-state index in [1.165, 1.54) is 0 Å². The number of guanidine groups is 1. The molecule has 2 fully saturated rings. The Labute approximate surface area is 182 Å². The lowest BCUT2D eigenvalue weighted by Crippen LogP contribution is -2.55. The number of urea groups is 1. The number of imide groups is 1. The lowest BCUT2D eigenvalue weighted by atomic mass is 9.79. The molecular formula is C18H28IN7O2. The minimum atomic E-state index is -0.822. The highest BCUT2D eigenvalue weighted by Crippen LogP contribution is 2.30. The van der Waals surface area contributed by atoms with E-state index >= 15 is 0 Å². The molecule has 0 radical (unpaired) electrons. The molecule has 1 unspecified atom stereocenters. The summed E-state index contributed by atoms with van der Waals surface area (Å²) >= 11 is 0. The number of nitrogens with one attached hydrogen (secondary N) is 3. The van der Waals surface area contributed by atoms with Crippen LogP contribution >= 0.6 is 24.0 Å². The zero-order chi connectivity index (χ0) is 19.4. The zero-order valence-electron chi connectivity index (χ0n) is 16.5. The molecule has 1 atom stereocenters. The first-order chi connectivity index (χ1) is 12.9. The third kappa shape index (κ3) is 4.89. The minimum Gasteiger partial charge on any atom is -0.357 e. The number of likely N-dealkylation sites (tertiary alicyclic amines) is 1. The summed E-state index contributed by atoms with van der Waals surface area (Å²) in [7, 11) is 0. The van der Waals surface area contributed by atoms with Gasteiger partial charge in [-0.3, -0.25) is 10.1 Å². The molecule has 3 amide bonds. The molecule has 154 valence electrons. The molecule has 3 rings (SSSR count). The number of hydrogen-bond acceptors (Lipinski definition) is 5. The third-order valence-corrected chi connectivity index (χ3v) is 5.24. The summed E-state index contributed by atoms with van der Waals surface area (Å²) in [5.74, 6) is 1.45. The van der Waals surface area contributed by atoms with Crippen LogP contribution in [0, 0.1) is 12.8 Å². The molecule has 0 aromatic carbocycles. The lowest BCUT2D eigenvalue weighted by molar-refractivity contribution is -0.125. The van der Waals surface area contributed by atoms with Gasteiger partial charge in [-0.1, -0.05) is 0 Å². The molecule has 9 nitrogen and oxygen atoms in total. The van der Waals surface area contributed by atoms with Gasteiger partial charge in [0.25, 0.3) is 5.91 Å². The van der Waals surface area contributed by atoms with Crippen LogP contribution in [0.1, 0.15) is 38.2 Å². The Hall–Kier alpha value is -1.98. The molecule has 0 spiro atoms. The molecule has 10 heteroatoms. The zero-order valence-corrected chi connectivity index (χ0v) is 18.8. The monoisotopic (exact) mass is 501 g/mol. The van der Waals surface area contributed by atoms with Crippen LogP contribution in [0.15, 0.2) is 17.3 Å². The molecule has 1 aromatic heterocycles. The maximum absolute atomic E-state index is 12.2. The van der Waals surface area contributed by atoms with E-state index in [0.717, 1.165) is 50.0 Å². The summed E-state index contributed by atoms with van der Waals surface area (Å²) in [5, 5.41) is 8.47. The van der Waals surface area contributed by atoms with Gasteiger partial charge in [-0.2, -0.15) is 0 Å². The summed E-state index contributed by atoms with van der Waals surface area (Å²) in [6, 6.07) is 1.47. The van der Waals surface area contributed by atoms with Crippen molar-refractivity contribution in [3.8, 4) is 0 Å². The van der Waals surface area contributed by atoms with Gasteiger partial charge in [0.1, 0.15) is 11.4 Å². The standard InChI is InChI=1S/C18H27N7O2.HI/c1-4-19-16(21-11-14-5-8-20-12(2)22-14)25-9-6-13(7-10-25)18(3)15(26)23-17(27)24-18;/h5,8,13H,4,6-7,9-11H2,1-3H3,(H,19,21)(H2,23,24,26,27);1H. The minimum absolute atomic E-state index is 0. The van der Waals surface area contributed by atoms with Gasteiger partial charge in [0.2, 0.25) is 0 Å². The molecule has 2 aliphatic rings. The van der Waals surface area contributed by atoms with E-state index in [1.54, 1.807) is 6.20 Å². The van der Waals surface area contributed by atoms with Crippen molar-refractivity contribution in [3.63, 3.8) is 0 Å². The van der Waals surface area contributed by atoms with E-state index in [1.807, 2.05) is 26.8 Å². The third-order valence-electron chi connectivity index (χ3n) is 5.24. The van der Waals surface area contributed by atoms with Crippen molar-refractivity contribution in [2.75, 3.05) is 19.6 Å². The fourth-order valence-electron chi connectivity index (χ4n) is 3.69. The first kappa shape index (κ1) is 22.3. The van der Waals surface area contributed by atoms with E-state index in [0.29, 0.717) is 6.54 Å². The van der Waals surface area contributed by atoms with Gasteiger partial charge in [-0.25, -0.2) is 19.8 Å². The molecule has 2 saturated heterocycles. The Balaban J connectivity index is 0.00000280. The first-order valence-corrected chi connectivity index (χ1v) is 9.37. The van der Waals surface area contributed by atoms with Crippen LogP contribution in [-0.2, 0) is 11.3 Å². The highest BCUT2D eigenvalue weighted by molar-refractivity contribution is 14.0. The summed E-state index contributed by atoms with van der Waals surface area (Å²) in [5.41, 5.74) is 0.0579. The van der Waals surface area contributed by atoms with E-state index in [-0.39, 0.29) is 35.8 Å². The number of carbonyl (C=O) groups excluding carboxylic acids is 2. The second-order valence-electron chi connectivity index (χ2n) is 7.14. The van der Waals surface area contributed by atoms with Crippen molar-refractivity contribution in [2.24, 2.45) is 10.9 Å². The molecule has 0 aliphatic carbocycles. The molecule has 28 heavy (non-hydrogen) atoms. The predicted octanol–water partition coefficient (Wildman–Crippen LogP) is 1.18. The topological polar surface area (TPSA) is 112 Å². The number of amides is 3. The van der Waals surface area contributed by atoms with Crippen molar-refractivity contribution < 1.29 is 9.59 Å². The van der Waals surface area contributed by atoms with Gasteiger partial charge < -0.3 is 15.5 Å². The smallest absolute Gasteiger partial charge is 0.322 e. The van der Waals surface area contributed by atoms with Gasteiger partial charge in [0, 0.05) is 25.8 Å². The summed E-state index contributed by atoms with van der Waals surface area (Å²) in [4.78, 5) is 39.1. The van der Waals surface area contributed by atoms with Crippen molar-refractivity contribution in [2.45, 2.75) is 45.7 Å². The fraction of sp³-hybridized carbons (Fsp3) is 0.611. The number of aryl methyl sites for hydroxylation is 1. The van der Waals surface area contributed by atoms with Gasteiger partial charge in [-0.05, 0) is 45.6 Å². The van der Waals surface area contributed by atoms with Crippen LogP contribution in [0.3, 0.4) is 0 Å². The van der Waals surface area contributed by atoms with Crippen molar-refractivity contribution in [3.05, 3.63) is 23.8 Å². The molecule has 1 aromatic rings. The average molecular weight is 501 g/mol. The molecule has 0 saturated carbocycles. The number of halogens is 1. The van der Waals surface area contributed by atoms with E-state index in [2.05, 4.69) is 30.8 Å². The number of rotatable bonds is 4. The lowest BCUT2D eigenvalue weighted by Gasteiger charge is -2.39. The van der Waals surface area contributed by atoms with Crippen LogP contribution in [0.5, 0.6) is 0 Å². The number of carbonyl (C=O) groups is 2. The van der Waals surface area contributed by atoms with Crippen LogP contribution in [0.2, 0.25) is 0 Å². The average Bonchev–Trinajstić information content (AvgIpc) is 2.91. The van der Waals surface area contributed by atoms with E-state index < -0.39 is 11.6 Å². The molecular weight excluding hydrogens is 473 g/mol. The van der Waals surface area contributed by atoms with Crippen molar-refractivity contribution in [1.29, 1.82) is 0 Å². The Morgan fingerprint density at radius 1 is 1.39 bits per heavy atom. The second-order valence-corrected chi connectivity index (χ2v) is 7.14. The maximum Gasteiger partial charge on any atom is 0.322 e. The second kappa shape index (κ2) is 9.48. The van der Waals surface area contributed by atoms with Crippen molar-refractivity contribution in [1.82, 2.24) is 30.8 Å². The summed E-state index contributed by atoms with van der Waals surface area (Å²) in [6.45, 7) is 8.53. The Morgan fingerprint density at radius 2 is 2.11 bits per heavy atom. The SMILES string of the molecule is CCNC(=NCc1ccnc(C)n1)N1CCC(C2(C)NC(=O)NC2=O)CC1.I. The quantitative estimate of drug-likeness (QED) is 0.247. The molecule has 3 N–H and O–H groups in total. The maximum atomic E-state index is 12.2.